The Morgan fingerprint density at radius 2 is 2.27 bits per heavy atom. The molecular formula is C10H15N. The van der Waals surface area contributed by atoms with Gasteiger partial charge in [-0.25, -0.2) is 0 Å². The summed E-state index contributed by atoms with van der Waals surface area (Å²) in [5, 5.41) is 3.17. The quantitative estimate of drug-likeness (QED) is 0.636. The number of dihydropyridines is 1. The second kappa shape index (κ2) is 4.02. The van der Waals surface area contributed by atoms with Crippen molar-refractivity contribution in [3.05, 3.63) is 36.2 Å². The van der Waals surface area contributed by atoms with Crippen LogP contribution in [0.2, 0.25) is 0 Å². The molecule has 0 atom stereocenters. The summed E-state index contributed by atoms with van der Waals surface area (Å²) in [5.41, 5.74) is 1.21. The average Bonchev–Trinajstić information content (AvgIpc) is 2.03. The van der Waals surface area contributed by atoms with E-state index in [0.29, 0.717) is 0 Å². The summed E-state index contributed by atoms with van der Waals surface area (Å²) < 4.78 is 0. The molecule has 1 heterocycles. The average molecular weight is 149 g/mol. The van der Waals surface area contributed by atoms with Crippen LogP contribution in [0.4, 0.5) is 0 Å². The summed E-state index contributed by atoms with van der Waals surface area (Å²) in [4.78, 5) is 0. The van der Waals surface area contributed by atoms with Crippen LogP contribution in [0.15, 0.2) is 36.2 Å². The first kappa shape index (κ1) is 8.12. The Morgan fingerprint density at radius 1 is 1.45 bits per heavy atom. The maximum Gasteiger partial charge on any atom is 0.0339 e. The summed E-state index contributed by atoms with van der Waals surface area (Å²) in [5.74, 6) is 0.739. The van der Waals surface area contributed by atoms with Crippen molar-refractivity contribution in [3.63, 3.8) is 0 Å². The Labute approximate surface area is 68.5 Å². The van der Waals surface area contributed by atoms with Gasteiger partial charge in [0, 0.05) is 11.9 Å². The van der Waals surface area contributed by atoms with Gasteiger partial charge in [0.15, 0.2) is 0 Å². The van der Waals surface area contributed by atoms with Crippen molar-refractivity contribution < 1.29 is 0 Å². The van der Waals surface area contributed by atoms with Crippen molar-refractivity contribution in [2.75, 3.05) is 0 Å². The molecule has 0 aliphatic carbocycles. The number of hydrogen-bond acceptors (Lipinski definition) is 1. The minimum Gasteiger partial charge on any atom is -0.362 e. The molecule has 1 N–H and O–H groups in total. The van der Waals surface area contributed by atoms with Crippen LogP contribution in [0, 0.1) is 5.92 Å². The van der Waals surface area contributed by atoms with Crippen LogP contribution in [0.1, 0.15) is 20.3 Å². The monoisotopic (exact) mass is 149 g/mol. The lowest BCUT2D eigenvalue weighted by Crippen LogP contribution is -2.04. The molecule has 0 amide bonds. The fraction of sp³-hybridized carbons (Fsp3) is 0.400. The Hall–Kier alpha value is -0.980. The van der Waals surface area contributed by atoms with Crippen molar-refractivity contribution in [1.29, 1.82) is 0 Å². The van der Waals surface area contributed by atoms with Crippen LogP contribution in [0.25, 0.3) is 0 Å². The van der Waals surface area contributed by atoms with E-state index in [9.17, 15) is 0 Å². The molecule has 0 aromatic rings. The topological polar surface area (TPSA) is 12.0 Å². The molecule has 1 rings (SSSR count). The normalized spacial score (nSPS) is 19.4. The Bertz CT molecular complexity index is 197. The third-order valence-corrected chi connectivity index (χ3v) is 1.54. The Balaban J connectivity index is 2.41. The van der Waals surface area contributed by atoms with Crippen molar-refractivity contribution in [3.8, 4) is 0 Å². The zero-order valence-electron chi connectivity index (χ0n) is 7.17. The molecule has 1 nitrogen and oxygen atoms in total. The van der Waals surface area contributed by atoms with E-state index >= 15 is 0 Å². The van der Waals surface area contributed by atoms with Crippen LogP contribution < -0.4 is 5.32 Å². The maximum atomic E-state index is 3.17. The SMILES string of the molecule is CC(C)C/C=C1/C=CC=CN1. The molecule has 1 aliphatic rings. The van der Waals surface area contributed by atoms with Crippen LogP contribution >= 0.6 is 0 Å². The molecule has 0 saturated heterocycles. The molecule has 0 fully saturated rings. The fourth-order valence-electron chi connectivity index (χ4n) is 0.897. The minimum atomic E-state index is 0.739. The minimum absolute atomic E-state index is 0.739. The van der Waals surface area contributed by atoms with Crippen molar-refractivity contribution >= 4 is 0 Å². The van der Waals surface area contributed by atoms with Gasteiger partial charge in [-0.05, 0) is 24.5 Å². The van der Waals surface area contributed by atoms with Gasteiger partial charge in [0.1, 0.15) is 0 Å². The first-order chi connectivity index (χ1) is 5.29. The van der Waals surface area contributed by atoms with E-state index in [-0.39, 0.29) is 0 Å². The lowest BCUT2D eigenvalue weighted by Gasteiger charge is -2.06. The van der Waals surface area contributed by atoms with E-state index in [4.69, 9.17) is 0 Å². The largest absolute Gasteiger partial charge is 0.362 e. The zero-order chi connectivity index (χ0) is 8.10. The summed E-state index contributed by atoms with van der Waals surface area (Å²) >= 11 is 0. The van der Waals surface area contributed by atoms with E-state index in [1.54, 1.807) is 0 Å². The molecule has 0 radical (unpaired) electrons. The molecule has 0 spiro atoms. The van der Waals surface area contributed by atoms with Crippen molar-refractivity contribution in [2.45, 2.75) is 20.3 Å². The van der Waals surface area contributed by atoms with E-state index < -0.39 is 0 Å². The van der Waals surface area contributed by atoms with E-state index in [1.807, 2.05) is 18.4 Å². The second-order valence-corrected chi connectivity index (χ2v) is 3.15. The molecule has 0 saturated carbocycles. The summed E-state index contributed by atoms with van der Waals surface area (Å²) in [6.07, 6.45) is 11.4. The third-order valence-electron chi connectivity index (χ3n) is 1.54. The molecule has 0 bridgehead atoms. The van der Waals surface area contributed by atoms with Crippen LogP contribution in [-0.4, -0.2) is 0 Å². The predicted molar refractivity (Wildman–Crippen MR) is 49.0 cm³/mol. The molecule has 1 heteroatoms. The first-order valence-corrected chi connectivity index (χ1v) is 4.09. The van der Waals surface area contributed by atoms with E-state index in [2.05, 4.69) is 31.3 Å². The van der Waals surface area contributed by atoms with Gasteiger partial charge in [-0.2, -0.15) is 0 Å². The molecule has 0 aromatic heterocycles. The molecule has 60 valence electrons. The lowest BCUT2D eigenvalue weighted by atomic mass is 10.1. The highest BCUT2D eigenvalue weighted by Gasteiger charge is 1.93. The number of rotatable bonds is 2. The molecule has 1 aliphatic heterocycles. The smallest absolute Gasteiger partial charge is 0.0339 e. The van der Waals surface area contributed by atoms with E-state index in [0.717, 1.165) is 12.3 Å². The van der Waals surface area contributed by atoms with Crippen molar-refractivity contribution in [2.24, 2.45) is 5.92 Å². The van der Waals surface area contributed by atoms with Gasteiger partial charge in [-0.3, -0.25) is 0 Å². The molecule has 0 unspecified atom stereocenters. The van der Waals surface area contributed by atoms with Gasteiger partial charge in [0.05, 0.1) is 0 Å². The van der Waals surface area contributed by atoms with Gasteiger partial charge in [-0.15, -0.1) is 0 Å². The van der Waals surface area contributed by atoms with Crippen LogP contribution in [0.3, 0.4) is 0 Å². The standard InChI is InChI=1S/C10H15N/c1-9(2)6-7-10-5-3-4-8-11-10/h3-5,7-9,11H,6H2,1-2H3/b10-7-. The number of hydrogen-bond donors (Lipinski definition) is 1. The summed E-state index contributed by atoms with van der Waals surface area (Å²) in [6.45, 7) is 4.44. The van der Waals surface area contributed by atoms with Crippen molar-refractivity contribution in [1.82, 2.24) is 5.32 Å². The fourth-order valence-corrected chi connectivity index (χ4v) is 0.897. The highest BCUT2D eigenvalue weighted by atomic mass is 14.8. The van der Waals surface area contributed by atoms with E-state index in [1.165, 1.54) is 5.70 Å². The molecular weight excluding hydrogens is 134 g/mol. The highest BCUT2D eigenvalue weighted by molar-refractivity contribution is 5.26. The third kappa shape index (κ3) is 3.08. The van der Waals surface area contributed by atoms with Gasteiger partial charge in [0.25, 0.3) is 0 Å². The molecule has 11 heavy (non-hydrogen) atoms. The van der Waals surface area contributed by atoms with Gasteiger partial charge in [0.2, 0.25) is 0 Å². The zero-order valence-corrected chi connectivity index (χ0v) is 7.17. The number of nitrogens with one attached hydrogen (secondary N) is 1. The Kier molecular flexibility index (Phi) is 2.96. The predicted octanol–water partition coefficient (Wildman–Crippen LogP) is 2.59. The lowest BCUT2D eigenvalue weighted by molar-refractivity contribution is 0.660. The first-order valence-electron chi connectivity index (χ1n) is 4.09. The van der Waals surface area contributed by atoms with Gasteiger partial charge in [-0.1, -0.05) is 26.0 Å². The maximum absolute atomic E-state index is 3.17. The second-order valence-electron chi connectivity index (χ2n) is 3.15. The highest BCUT2D eigenvalue weighted by Crippen LogP contribution is 2.05. The summed E-state index contributed by atoms with van der Waals surface area (Å²) in [7, 11) is 0. The van der Waals surface area contributed by atoms with Gasteiger partial charge >= 0.3 is 0 Å². The number of allylic oxidation sites excluding steroid dienone is 4. The van der Waals surface area contributed by atoms with Crippen LogP contribution in [-0.2, 0) is 0 Å². The van der Waals surface area contributed by atoms with Gasteiger partial charge < -0.3 is 5.32 Å². The Morgan fingerprint density at radius 3 is 2.82 bits per heavy atom. The molecule has 0 aromatic carbocycles. The summed E-state index contributed by atoms with van der Waals surface area (Å²) in [6, 6.07) is 0. The van der Waals surface area contributed by atoms with Crippen LogP contribution in [0.5, 0.6) is 0 Å².